The van der Waals surface area contributed by atoms with E-state index in [0.29, 0.717) is 19.8 Å². The fourth-order valence-electron chi connectivity index (χ4n) is 1.77. The van der Waals surface area contributed by atoms with Crippen LogP contribution in [0, 0.1) is 0 Å². The summed E-state index contributed by atoms with van der Waals surface area (Å²) < 4.78 is 5.30. The summed E-state index contributed by atoms with van der Waals surface area (Å²) in [6.45, 7) is 3.73. The average Bonchev–Trinajstić information content (AvgIpc) is 3.11. The van der Waals surface area contributed by atoms with Crippen LogP contribution in [0.1, 0.15) is 16.9 Å². The molecule has 0 saturated heterocycles. The van der Waals surface area contributed by atoms with E-state index < -0.39 is 0 Å². The van der Waals surface area contributed by atoms with Crippen LogP contribution in [0.3, 0.4) is 0 Å². The van der Waals surface area contributed by atoms with E-state index in [4.69, 9.17) is 4.74 Å². The highest BCUT2D eigenvalue weighted by atomic mass is 32.1. The lowest BCUT2D eigenvalue weighted by Crippen LogP contribution is -2.02. The van der Waals surface area contributed by atoms with Gasteiger partial charge in [0.25, 0.3) is 0 Å². The molecule has 0 spiro atoms. The van der Waals surface area contributed by atoms with Gasteiger partial charge >= 0.3 is 0 Å². The van der Waals surface area contributed by atoms with Crippen molar-refractivity contribution in [3.63, 3.8) is 0 Å². The minimum absolute atomic E-state index is 0.516. The molecule has 0 fully saturated rings. The Morgan fingerprint density at radius 3 is 3.10 bits per heavy atom. The topological polar surface area (TPSA) is 88.6 Å². The molecule has 0 unspecified atom stereocenters. The van der Waals surface area contributed by atoms with E-state index >= 15 is 0 Å². The molecular weight excluding hydrogens is 276 g/mol. The second-order valence-electron chi connectivity index (χ2n) is 4.04. The summed E-state index contributed by atoms with van der Waals surface area (Å²) >= 11 is 1.54. The van der Waals surface area contributed by atoms with Crippen molar-refractivity contribution < 1.29 is 4.74 Å². The Hall–Kier alpha value is -2.06. The van der Waals surface area contributed by atoms with Crippen molar-refractivity contribution >= 4 is 28.2 Å². The zero-order chi connectivity index (χ0) is 13.8. The summed E-state index contributed by atoms with van der Waals surface area (Å²) in [7, 11) is 0. The second-order valence-corrected chi connectivity index (χ2v) is 5.19. The number of nitrogens with one attached hydrogen (secondary N) is 2. The number of fused-ring (bicyclic) bond motifs is 1. The van der Waals surface area contributed by atoms with E-state index in [1.54, 1.807) is 6.33 Å². The molecule has 3 rings (SSSR count). The Labute approximate surface area is 119 Å². The minimum Gasteiger partial charge on any atom is -0.374 e. The third-order valence-corrected chi connectivity index (χ3v) is 3.59. The molecule has 2 N–H and O–H groups in total. The summed E-state index contributed by atoms with van der Waals surface area (Å²) in [5.41, 5.74) is 1.78. The van der Waals surface area contributed by atoms with Crippen molar-refractivity contribution in [2.45, 2.75) is 20.1 Å². The van der Waals surface area contributed by atoms with Crippen molar-refractivity contribution in [3.05, 3.63) is 28.6 Å². The van der Waals surface area contributed by atoms with Crippen LogP contribution in [0.15, 0.2) is 18.6 Å². The van der Waals surface area contributed by atoms with E-state index in [1.807, 2.05) is 19.2 Å². The summed E-state index contributed by atoms with van der Waals surface area (Å²) in [4.78, 5) is 11.5. The molecule has 0 bridgehead atoms. The number of rotatable bonds is 6. The lowest BCUT2D eigenvalue weighted by molar-refractivity contribution is 0.133. The highest BCUT2D eigenvalue weighted by Gasteiger charge is 2.07. The first-order valence-electron chi connectivity index (χ1n) is 6.27. The van der Waals surface area contributed by atoms with Crippen molar-refractivity contribution in [1.82, 2.24) is 25.1 Å². The number of H-pyrrole nitrogens is 1. The number of hydrogen-bond donors (Lipinski definition) is 2. The first-order valence-corrected chi connectivity index (χ1v) is 7.09. The summed E-state index contributed by atoms with van der Waals surface area (Å²) in [6, 6.07) is 1.91. The molecule has 0 aliphatic rings. The number of nitrogens with zero attached hydrogens (tertiary/aromatic N) is 4. The van der Waals surface area contributed by atoms with Crippen molar-refractivity contribution in [1.29, 1.82) is 0 Å². The molecular formula is C12H14N6OS. The van der Waals surface area contributed by atoms with Crippen molar-refractivity contribution in [2.75, 3.05) is 11.9 Å². The van der Waals surface area contributed by atoms with E-state index in [9.17, 15) is 0 Å². The van der Waals surface area contributed by atoms with Gasteiger partial charge in [-0.3, -0.25) is 0 Å². The lowest BCUT2D eigenvalue weighted by atomic mass is 10.4. The molecule has 0 atom stereocenters. The van der Waals surface area contributed by atoms with E-state index in [0.717, 1.165) is 26.9 Å². The molecule has 104 valence electrons. The van der Waals surface area contributed by atoms with Gasteiger partial charge in [0.05, 0.1) is 12.1 Å². The number of ether oxygens (including phenoxy) is 1. The van der Waals surface area contributed by atoms with Gasteiger partial charge < -0.3 is 15.0 Å². The van der Waals surface area contributed by atoms with Crippen LogP contribution in [-0.2, 0) is 17.9 Å². The van der Waals surface area contributed by atoms with Gasteiger partial charge in [0.2, 0.25) is 0 Å². The molecule has 8 heteroatoms. The zero-order valence-corrected chi connectivity index (χ0v) is 11.8. The van der Waals surface area contributed by atoms with E-state index in [-0.39, 0.29) is 0 Å². The monoisotopic (exact) mass is 290 g/mol. The van der Waals surface area contributed by atoms with Gasteiger partial charge in [-0.25, -0.2) is 9.97 Å². The van der Waals surface area contributed by atoms with Crippen molar-refractivity contribution in [2.24, 2.45) is 0 Å². The molecule has 0 aromatic carbocycles. The van der Waals surface area contributed by atoms with Gasteiger partial charge in [0.1, 0.15) is 28.5 Å². The quantitative estimate of drug-likeness (QED) is 0.721. The molecule has 0 radical (unpaired) electrons. The molecule has 0 saturated carbocycles. The maximum Gasteiger partial charge on any atom is 0.154 e. The van der Waals surface area contributed by atoms with Gasteiger partial charge in [0, 0.05) is 12.8 Å². The van der Waals surface area contributed by atoms with Gasteiger partial charge in [-0.05, 0) is 13.0 Å². The maximum absolute atomic E-state index is 5.30. The zero-order valence-electron chi connectivity index (χ0n) is 11.0. The summed E-state index contributed by atoms with van der Waals surface area (Å²) in [5, 5.41) is 13.2. The third kappa shape index (κ3) is 2.75. The SMILES string of the molecule is CCOCc1nnc(CNc2ncnc3cc[nH]c23)s1. The molecule has 7 nitrogen and oxygen atoms in total. The first-order chi connectivity index (χ1) is 9.86. The number of anilines is 1. The Morgan fingerprint density at radius 2 is 2.20 bits per heavy atom. The maximum atomic E-state index is 5.30. The van der Waals surface area contributed by atoms with Gasteiger partial charge in [-0.15, -0.1) is 10.2 Å². The van der Waals surface area contributed by atoms with Crippen LogP contribution in [-0.4, -0.2) is 31.8 Å². The smallest absolute Gasteiger partial charge is 0.154 e. The normalized spacial score (nSPS) is 11.1. The second kappa shape index (κ2) is 5.93. The first kappa shape index (κ1) is 12.9. The highest BCUT2D eigenvalue weighted by molar-refractivity contribution is 7.11. The molecule has 3 aromatic heterocycles. The molecule has 0 aliphatic carbocycles. The van der Waals surface area contributed by atoms with Crippen LogP contribution >= 0.6 is 11.3 Å². The standard InChI is InChI=1S/C12H14N6OS/c1-2-19-6-10-18-17-9(20-10)5-14-12-11-8(3-4-13-11)15-7-16-12/h3-4,7,13H,2,5-6H2,1H3,(H,14,15,16). The highest BCUT2D eigenvalue weighted by Crippen LogP contribution is 2.18. The Balaban J connectivity index is 1.67. The lowest BCUT2D eigenvalue weighted by Gasteiger charge is -2.03. The predicted molar refractivity (Wildman–Crippen MR) is 76.5 cm³/mol. The molecule has 20 heavy (non-hydrogen) atoms. The van der Waals surface area contributed by atoms with Gasteiger partial charge in [0.15, 0.2) is 5.82 Å². The Kier molecular flexibility index (Phi) is 3.84. The predicted octanol–water partition coefficient (Wildman–Crippen LogP) is 1.96. The molecule has 3 aromatic rings. The Bertz CT molecular complexity index is 694. The Morgan fingerprint density at radius 1 is 1.30 bits per heavy atom. The number of aromatic amines is 1. The fourth-order valence-corrected chi connectivity index (χ4v) is 2.49. The minimum atomic E-state index is 0.516. The van der Waals surface area contributed by atoms with Crippen LogP contribution in [0.25, 0.3) is 11.0 Å². The van der Waals surface area contributed by atoms with Gasteiger partial charge in [-0.2, -0.15) is 0 Å². The summed E-state index contributed by atoms with van der Waals surface area (Å²) in [6.07, 6.45) is 3.38. The largest absolute Gasteiger partial charge is 0.374 e. The molecule has 0 aliphatic heterocycles. The van der Waals surface area contributed by atoms with Crippen molar-refractivity contribution in [3.8, 4) is 0 Å². The fraction of sp³-hybridized carbons (Fsp3) is 0.333. The van der Waals surface area contributed by atoms with Crippen LogP contribution in [0.2, 0.25) is 0 Å². The summed E-state index contributed by atoms with van der Waals surface area (Å²) in [5.74, 6) is 0.765. The average molecular weight is 290 g/mol. The third-order valence-electron chi connectivity index (χ3n) is 2.69. The molecule has 0 amide bonds. The van der Waals surface area contributed by atoms with E-state index in [2.05, 4.69) is 30.5 Å². The number of aromatic nitrogens is 5. The molecule has 3 heterocycles. The van der Waals surface area contributed by atoms with Crippen LogP contribution < -0.4 is 5.32 Å². The van der Waals surface area contributed by atoms with E-state index in [1.165, 1.54) is 11.3 Å². The number of hydrogen-bond acceptors (Lipinski definition) is 7. The van der Waals surface area contributed by atoms with Crippen LogP contribution in [0.4, 0.5) is 5.82 Å². The van der Waals surface area contributed by atoms with Gasteiger partial charge in [-0.1, -0.05) is 11.3 Å². The van der Waals surface area contributed by atoms with Crippen LogP contribution in [0.5, 0.6) is 0 Å².